The lowest BCUT2D eigenvalue weighted by Crippen LogP contribution is -2.42. The van der Waals surface area contributed by atoms with E-state index in [1.807, 2.05) is 37.3 Å². The minimum atomic E-state index is -3.76. The molecule has 1 aliphatic rings. The molecule has 1 aliphatic carbocycles. The number of rotatable bonds is 5. The van der Waals surface area contributed by atoms with Crippen LogP contribution >= 0.6 is 22.6 Å². The van der Waals surface area contributed by atoms with Crippen LogP contribution in [0.1, 0.15) is 25.3 Å². The average molecular weight is 511 g/mol. The molecule has 7 heteroatoms. The van der Waals surface area contributed by atoms with Crippen LogP contribution in [0.25, 0.3) is 0 Å². The van der Waals surface area contributed by atoms with Crippen LogP contribution < -0.4 is 4.31 Å². The largest absolute Gasteiger partial charge is 0.458 e. The summed E-state index contributed by atoms with van der Waals surface area (Å²) >= 11 is 2.16. The Morgan fingerprint density at radius 3 is 2.32 bits per heavy atom. The van der Waals surface area contributed by atoms with Gasteiger partial charge in [-0.1, -0.05) is 35.9 Å². The number of nitrogens with zero attached hydrogens (tertiary/aromatic N) is 1. The number of carbonyl (C=O) groups is 1. The van der Waals surface area contributed by atoms with Crippen LogP contribution in [0, 0.1) is 10.5 Å². The second-order valence-corrected chi connectivity index (χ2v) is 9.72. The summed E-state index contributed by atoms with van der Waals surface area (Å²) in [6.07, 6.45) is 4.43. The van der Waals surface area contributed by atoms with Crippen molar-refractivity contribution in [3.63, 3.8) is 0 Å². The van der Waals surface area contributed by atoms with E-state index in [1.54, 1.807) is 30.3 Å². The van der Waals surface area contributed by atoms with Gasteiger partial charge in [0.05, 0.1) is 16.6 Å². The van der Waals surface area contributed by atoms with Gasteiger partial charge in [-0.3, -0.25) is 9.10 Å². The number of anilines is 1. The molecule has 0 amide bonds. The number of carbonyl (C=O) groups excluding carboxylic acids is 1. The number of aryl methyl sites for hydroxylation is 1. The fourth-order valence-electron chi connectivity index (χ4n) is 3.23. The predicted molar refractivity (Wildman–Crippen MR) is 118 cm³/mol. The molecule has 0 saturated carbocycles. The first-order valence-electron chi connectivity index (χ1n) is 9.00. The van der Waals surface area contributed by atoms with Gasteiger partial charge in [0.1, 0.15) is 6.10 Å². The number of esters is 1. The van der Waals surface area contributed by atoms with Crippen LogP contribution in [0.5, 0.6) is 0 Å². The van der Waals surface area contributed by atoms with Crippen molar-refractivity contribution < 1.29 is 17.9 Å². The molecule has 28 heavy (non-hydrogen) atoms. The Hall–Kier alpha value is -1.87. The van der Waals surface area contributed by atoms with Gasteiger partial charge in [0.25, 0.3) is 10.0 Å². The van der Waals surface area contributed by atoms with Gasteiger partial charge in [-0.2, -0.15) is 0 Å². The zero-order valence-electron chi connectivity index (χ0n) is 15.7. The standard InChI is InChI=1S/C21H22INO4S/c1-15-7-13-19(14-8-15)28(25,26)23(21-6-4-3-5-20(21)22)17-9-11-18(12-10-17)27-16(2)24/h3-9,11,13-14,17-18H,10,12H2,1-2H3/t17-,18+/m0/s1. The van der Waals surface area contributed by atoms with Crippen LogP contribution in [0.4, 0.5) is 5.69 Å². The van der Waals surface area contributed by atoms with Crippen molar-refractivity contribution in [3.05, 3.63) is 69.8 Å². The van der Waals surface area contributed by atoms with E-state index in [1.165, 1.54) is 11.2 Å². The topological polar surface area (TPSA) is 63.7 Å². The van der Waals surface area contributed by atoms with Gasteiger partial charge in [-0.25, -0.2) is 8.42 Å². The molecule has 2 aromatic carbocycles. The highest BCUT2D eigenvalue weighted by Gasteiger charge is 2.33. The van der Waals surface area contributed by atoms with E-state index in [0.717, 1.165) is 9.13 Å². The Labute approximate surface area is 179 Å². The van der Waals surface area contributed by atoms with E-state index in [4.69, 9.17) is 4.74 Å². The van der Waals surface area contributed by atoms with Gasteiger partial charge in [-0.05, 0) is 72.7 Å². The first kappa shape index (κ1) is 20.9. The number of hydrogen-bond donors (Lipinski definition) is 0. The molecular weight excluding hydrogens is 489 g/mol. The lowest BCUT2D eigenvalue weighted by molar-refractivity contribution is -0.144. The molecule has 0 spiro atoms. The van der Waals surface area contributed by atoms with Gasteiger partial charge < -0.3 is 4.74 Å². The zero-order valence-corrected chi connectivity index (χ0v) is 18.7. The molecule has 0 heterocycles. The van der Waals surface area contributed by atoms with Crippen molar-refractivity contribution in [1.29, 1.82) is 0 Å². The molecule has 148 valence electrons. The fourth-order valence-corrected chi connectivity index (χ4v) is 5.70. The molecule has 0 fully saturated rings. The third-order valence-corrected chi connectivity index (χ3v) is 7.35. The summed E-state index contributed by atoms with van der Waals surface area (Å²) in [6.45, 7) is 3.30. The molecule has 0 aromatic heterocycles. The minimum Gasteiger partial charge on any atom is -0.458 e. The van der Waals surface area contributed by atoms with Crippen LogP contribution in [0.3, 0.4) is 0 Å². The summed E-state index contributed by atoms with van der Waals surface area (Å²) in [5.41, 5.74) is 1.64. The third kappa shape index (κ3) is 4.57. The maximum Gasteiger partial charge on any atom is 0.303 e. The Bertz CT molecular complexity index is 986. The Morgan fingerprint density at radius 2 is 1.75 bits per heavy atom. The second kappa shape index (κ2) is 8.65. The average Bonchev–Trinajstić information content (AvgIpc) is 2.65. The summed E-state index contributed by atoms with van der Waals surface area (Å²) in [5.74, 6) is -0.338. The lowest BCUT2D eigenvalue weighted by Gasteiger charge is -2.34. The van der Waals surface area contributed by atoms with E-state index < -0.39 is 10.0 Å². The van der Waals surface area contributed by atoms with Crippen molar-refractivity contribution in [2.45, 2.75) is 43.7 Å². The van der Waals surface area contributed by atoms with Crippen LogP contribution in [-0.4, -0.2) is 26.5 Å². The monoisotopic (exact) mass is 511 g/mol. The molecule has 0 bridgehead atoms. The van der Waals surface area contributed by atoms with Gasteiger partial charge in [0.15, 0.2) is 0 Å². The number of hydrogen-bond acceptors (Lipinski definition) is 4. The van der Waals surface area contributed by atoms with E-state index >= 15 is 0 Å². The molecule has 0 radical (unpaired) electrons. The van der Waals surface area contributed by atoms with Crippen LogP contribution in [0.2, 0.25) is 0 Å². The van der Waals surface area contributed by atoms with Crippen molar-refractivity contribution in [2.24, 2.45) is 0 Å². The number of ether oxygens (including phenoxy) is 1. The van der Waals surface area contributed by atoms with Gasteiger partial charge in [0.2, 0.25) is 0 Å². The van der Waals surface area contributed by atoms with Gasteiger partial charge in [-0.15, -0.1) is 0 Å². The predicted octanol–water partition coefficient (Wildman–Crippen LogP) is 4.45. The van der Waals surface area contributed by atoms with Crippen LogP contribution in [-0.2, 0) is 19.6 Å². The number of sulfonamides is 1. The van der Waals surface area contributed by atoms with E-state index in [2.05, 4.69) is 22.6 Å². The SMILES string of the molecule is CC(=O)O[C@@H]1C=C[C@H](N(c2ccccc2I)S(=O)(=O)c2ccc(C)cc2)CC1. The van der Waals surface area contributed by atoms with Crippen LogP contribution in [0.15, 0.2) is 65.6 Å². The van der Waals surface area contributed by atoms with Crippen molar-refractivity contribution in [3.8, 4) is 0 Å². The second-order valence-electron chi connectivity index (χ2n) is 6.74. The summed E-state index contributed by atoms with van der Waals surface area (Å²) in [4.78, 5) is 11.5. The highest BCUT2D eigenvalue weighted by atomic mass is 127. The quantitative estimate of drug-likeness (QED) is 0.338. The maximum absolute atomic E-state index is 13.6. The highest BCUT2D eigenvalue weighted by molar-refractivity contribution is 14.1. The molecule has 0 aliphatic heterocycles. The molecule has 2 atom stereocenters. The van der Waals surface area contributed by atoms with Gasteiger partial charge >= 0.3 is 5.97 Å². The summed E-state index contributed by atoms with van der Waals surface area (Å²) in [7, 11) is -3.76. The smallest absolute Gasteiger partial charge is 0.303 e. The number of para-hydroxylation sites is 1. The first-order valence-corrected chi connectivity index (χ1v) is 11.5. The molecule has 0 unspecified atom stereocenters. The van der Waals surface area contributed by atoms with Crippen molar-refractivity contribution in [1.82, 2.24) is 0 Å². The number of benzene rings is 2. The van der Waals surface area contributed by atoms with Gasteiger partial charge in [0, 0.05) is 10.5 Å². The first-order chi connectivity index (χ1) is 13.3. The maximum atomic E-state index is 13.6. The molecule has 5 nitrogen and oxygen atoms in total. The summed E-state index contributed by atoms with van der Waals surface area (Å²) < 4.78 is 34.7. The van der Waals surface area contributed by atoms with Crippen molar-refractivity contribution in [2.75, 3.05) is 4.31 Å². The molecule has 3 rings (SSSR count). The molecule has 2 aromatic rings. The summed E-state index contributed by atoms with van der Waals surface area (Å²) in [6, 6.07) is 14.0. The number of halogens is 1. The zero-order chi connectivity index (χ0) is 20.3. The normalized spacial score (nSPS) is 19.2. The fraction of sp³-hybridized carbons (Fsp3) is 0.286. The lowest BCUT2D eigenvalue weighted by atomic mass is 10.00. The Balaban J connectivity index is 2.03. The minimum absolute atomic E-state index is 0.258. The van der Waals surface area contributed by atoms with E-state index in [9.17, 15) is 13.2 Å². The summed E-state index contributed by atoms with van der Waals surface area (Å²) in [5, 5.41) is 0. The molecule has 0 saturated heterocycles. The Kier molecular flexibility index (Phi) is 6.44. The molecular formula is C21H22INO4S. The van der Waals surface area contributed by atoms with E-state index in [-0.39, 0.29) is 23.0 Å². The van der Waals surface area contributed by atoms with E-state index in [0.29, 0.717) is 18.5 Å². The third-order valence-electron chi connectivity index (χ3n) is 4.58. The highest BCUT2D eigenvalue weighted by Crippen LogP contribution is 2.33. The Morgan fingerprint density at radius 1 is 1.07 bits per heavy atom. The molecule has 0 N–H and O–H groups in total. The van der Waals surface area contributed by atoms with Crippen molar-refractivity contribution >= 4 is 44.3 Å².